The Morgan fingerprint density at radius 2 is 0.959 bits per heavy atom. The molecule has 2 aromatic carbocycles. The van der Waals surface area contributed by atoms with E-state index in [1.807, 2.05) is 95.2 Å². The first kappa shape index (κ1) is 42.1. The number of phenols is 2. The molecule has 0 aliphatic rings. The van der Waals surface area contributed by atoms with Gasteiger partial charge in [-0.3, -0.25) is 9.59 Å². The topological polar surface area (TPSA) is 127 Å². The molecule has 8 nitrogen and oxygen atoms in total. The standard InChI is InChI=1S/C40H62O8S/c1-23(2)15-29(19-35(41)47-21-31-25(5)17-33(39(9,10)11)37(43)27(31)7)49(45,46)30(16-24(3)4)20-36(42)48-22-32-26(6)18-34(40(12,13)14)38(44)28(32)8/h17-18,23-24,29-30,43-44H,15-16,19-22H2,1-14H3. The second kappa shape index (κ2) is 16.3. The summed E-state index contributed by atoms with van der Waals surface area (Å²) in [5, 5.41) is 19.7. The van der Waals surface area contributed by atoms with Crippen LogP contribution in [0.3, 0.4) is 0 Å². The maximum atomic E-state index is 14.2. The minimum atomic E-state index is -3.98. The molecule has 0 fully saturated rings. The molecule has 0 heterocycles. The Bertz CT molecular complexity index is 1490. The number of rotatable bonds is 14. The molecule has 0 aliphatic carbocycles. The van der Waals surface area contributed by atoms with E-state index in [4.69, 9.17) is 9.47 Å². The van der Waals surface area contributed by atoms with Crippen LogP contribution in [0.5, 0.6) is 11.5 Å². The molecule has 0 saturated carbocycles. The second-order valence-electron chi connectivity index (χ2n) is 16.7. The largest absolute Gasteiger partial charge is 0.507 e. The van der Waals surface area contributed by atoms with Gasteiger partial charge in [0.05, 0.1) is 23.3 Å². The van der Waals surface area contributed by atoms with Crippen molar-refractivity contribution >= 4 is 21.8 Å². The van der Waals surface area contributed by atoms with Gasteiger partial charge >= 0.3 is 11.9 Å². The van der Waals surface area contributed by atoms with Gasteiger partial charge in [-0.2, -0.15) is 0 Å². The zero-order valence-electron chi connectivity index (χ0n) is 32.5. The Morgan fingerprint density at radius 3 is 1.22 bits per heavy atom. The molecule has 0 aromatic heterocycles. The number of aryl methyl sites for hydroxylation is 2. The van der Waals surface area contributed by atoms with E-state index in [1.165, 1.54) is 0 Å². The number of carbonyl (C=O) groups excluding carboxylic acids is 2. The number of phenolic OH excluding ortho intramolecular Hbond substituents is 2. The van der Waals surface area contributed by atoms with Gasteiger partial charge in [0.2, 0.25) is 0 Å². The zero-order chi connectivity index (χ0) is 37.8. The highest BCUT2D eigenvalue weighted by atomic mass is 32.2. The quantitative estimate of drug-likeness (QED) is 0.187. The SMILES string of the molecule is Cc1cc(C(C)(C)C)c(O)c(C)c1COC(=O)CC(CC(C)C)S(=O)(=O)C(CC(=O)OCc1c(C)cc(C(C)(C)C)c(O)c1C)CC(C)C. The molecule has 49 heavy (non-hydrogen) atoms. The molecule has 0 aliphatic heterocycles. The maximum absolute atomic E-state index is 14.2. The molecule has 276 valence electrons. The van der Waals surface area contributed by atoms with Crippen molar-refractivity contribution in [2.75, 3.05) is 0 Å². The molecule has 0 saturated heterocycles. The third kappa shape index (κ3) is 11.0. The summed E-state index contributed by atoms with van der Waals surface area (Å²) in [6.07, 6.45) is -0.214. The van der Waals surface area contributed by atoms with Gasteiger partial charge in [0.25, 0.3) is 0 Å². The minimum absolute atomic E-state index is 0.0275. The van der Waals surface area contributed by atoms with E-state index in [-0.39, 0.29) is 73.1 Å². The Labute approximate surface area is 295 Å². The third-order valence-corrected chi connectivity index (χ3v) is 11.9. The molecule has 0 amide bonds. The van der Waals surface area contributed by atoms with Gasteiger partial charge in [-0.05, 0) is 108 Å². The average Bonchev–Trinajstić information content (AvgIpc) is 2.94. The number of carbonyl (C=O) groups is 2. The summed E-state index contributed by atoms with van der Waals surface area (Å²) in [7, 11) is -3.98. The first-order valence-electron chi connectivity index (χ1n) is 17.5. The van der Waals surface area contributed by atoms with Crippen LogP contribution < -0.4 is 0 Å². The van der Waals surface area contributed by atoms with E-state index < -0.39 is 32.3 Å². The van der Waals surface area contributed by atoms with Gasteiger partial charge in [0, 0.05) is 0 Å². The van der Waals surface area contributed by atoms with Crippen LogP contribution in [0.4, 0.5) is 0 Å². The van der Waals surface area contributed by atoms with Crippen molar-refractivity contribution in [1.82, 2.24) is 0 Å². The summed E-state index contributed by atoms with van der Waals surface area (Å²) in [5.41, 5.74) is 5.45. The molecule has 0 spiro atoms. The number of ether oxygens (including phenoxy) is 2. The second-order valence-corrected chi connectivity index (χ2v) is 19.2. The summed E-state index contributed by atoms with van der Waals surface area (Å²) >= 11 is 0. The van der Waals surface area contributed by atoms with E-state index >= 15 is 0 Å². The highest BCUT2D eigenvalue weighted by Crippen LogP contribution is 2.38. The third-order valence-electron chi connectivity index (χ3n) is 9.36. The minimum Gasteiger partial charge on any atom is -0.507 e. The zero-order valence-corrected chi connectivity index (χ0v) is 33.3. The number of esters is 2. The van der Waals surface area contributed by atoms with Crippen molar-refractivity contribution < 1.29 is 37.7 Å². The Kier molecular flexibility index (Phi) is 14.0. The fourth-order valence-corrected chi connectivity index (χ4v) is 8.99. The van der Waals surface area contributed by atoms with Gasteiger partial charge in [-0.15, -0.1) is 0 Å². The maximum Gasteiger partial charge on any atom is 0.307 e. The monoisotopic (exact) mass is 702 g/mol. The first-order chi connectivity index (χ1) is 22.3. The van der Waals surface area contributed by atoms with Gasteiger partial charge in [-0.25, -0.2) is 8.42 Å². The van der Waals surface area contributed by atoms with Crippen LogP contribution in [-0.2, 0) is 52.9 Å². The van der Waals surface area contributed by atoms with Crippen LogP contribution in [0.1, 0.15) is 139 Å². The lowest BCUT2D eigenvalue weighted by atomic mass is 9.83. The molecule has 2 aromatic rings. The van der Waals surface area contributed by atoms with E-state index in [0.29, 0.717) is 22.3 Å². The van der Waals surface area contributed by atoms with E-state index in [1.54, 1.807) is 13.8 Å². The number of hydrogen-bond donors (Lipinski definition) is 2. The summed E-state index contributed by atoms with van der Waals surface area (Å²) in [6, 6.07) is 3.80. The number of hydrogen-bond acceptors (Lipinski definition) is 8. The molecular formula is C40H62O8S. The number of benzene rings is 2. The smallest absolute Gasteiger partial charge is 0.307 e. The van der Waals surface area contributed by atoms with Crippen molar-refractivity contribution in [3.63, 3.8) is 0 Å². The first-order valence-corrected chi connectivity index (χ1v) is 19.1. The Balaban J connectivity index is 2.28. The summed E-state index contributed by atoms with van der Waals surface area (Å²) < 4.78 is 39.7. The van der Waals surface area contributed by atoms with E-state index in [9.17, 15) is 28.2 Å². The van der Waals surface area contributed by atoms with Crippen LogP contribution in [0.2, 0.25) is 0 Å². The fraction of sp³-hybridized carbons (Fsp3) is 0.650. The van der Waals surface area contributed by atoms with Crippen molar-refractivity contribution in [3.8, 4) is 11.5 Å². The predicted molar refractivity (Wildman–Crippen MR) is 197 cm³/mol. The van der Waals surface area contributed by atoms with Crippen molar-refractivity contribution in [2.45, 2.75) is 157 Å². The Hall–Kier alpha value is -3.07. The molecular weight excluding hydrogens is 640 g/mol. The highest BCUT2D eigenvalue weighted by Gasteiger charge is 2.38. The van der Waals surface area contributed by atoms with Gasteiger partial charge in [0.1, 0.15) is 24.7 Å². The fourth-order valence-electron chi connectivity index (χ4n) is 6.40. The van der Waals surface area contributed by atoms with Crippen LogP contribution in [-0.4, -0.2) is 41.1 Å². The van der Waals surface area contributed by atoms with E-state index in [2.05, 4.69) is 0 Å². The lowest BCUT2D eigenvalue weighted by Gasteiger charge is -2.27. The predicted octanol–water partition coefficient (Wildman–Crippen LogP) is 8.74. The average molecular weight is 703 g/mol. The molecule has 2 atom stereocenters. The van der Waals surface area contributed by atoms with Crippen molar-refractivity contribution in [2.24, 2.45) is 11.8 Å². The van der Waals surface area contributed by atoms with E-state index in [0.717, 1.165) is 22.3 Å². The normalized spacial score (nSPS) is 13.9. The molecule has 2 unspecified atom stereocenters. The molecule has 2 N–H and O–H groups in total. The van der Waals surface area contributed by atoms with Gasteiger partial charge in [-0.1, -0.05) is 81.4 Å². The summed E-state index contributed by atoms with van der Waals surface area (Å²) in [4.78, 5) is 26.5. The van der Waals surface area contributed by atoms with Gasteiger partial charge in [0.15, 0.2) is 9.84 Å². The molecule has 0 radical (unpaired) electrons. The van der Waals surface area contributed by atoms with Crippen LogP contribution in [0.15, 0.2) is 12.1 Å². The van der Waals surface area contributed by atoms with Crippen LogP contribution in [0, 0.1) is 39.5 Å². The number of aromatic hydroxyl groups is 2. The van der Waals surface area contributed by atoms with Crippen molar-refractivity contribution in [1.29, 1.82) is 0 Å². The van der Waals surface area contributed by atoms with Gasteiger partial charge < -0.3 is 19.7 Å². The molecule has 0 bridgehead atoms. The Morgan fingerprint density at radius 1 is 0.653 bits per heavy atom. The van der Waals surface area contributed by atoms with Crippen molar-refractivity contribution in [3.05, 3.63) is 56.6 Å². The molecule has 9 heteroatoms. The summed E-state index contributed by atoms with van der Waals surface area (Å²) in [5.74, 6) is -1.03. The van der Waals surface area contributed by atoms with Crippen LogP contribution >= 0.6 is 0 Å². The lowest BCUT2D eigenvalue weighted by molar-refractivity contribution is -0.145. The van der Waals surface area contributed by atoms with Crippen LogP contribution in [0.25, 0.3) is 0 Å². The lowest BCUT2D eigenvalue weighted by Crippen LogP contribution is -2.37. The summed E-state index contributed by atoms with van der Waals surface area (Å²) in [6.45, 7) is 26.9. The molecule has 2 rings (SSSR count). The highest BCUT2D eigenvalue weighted by molar-refractivity contribution is 7.92. The number of sulfone groups is 1.